The number of hydrogen-bond acceptors (Lipinski definition) is 4. The number of hydrogen-bond donors (Lipinski definition) is 2. The molecule has 23 heavy (non-hydrogen) atoms. The maximum atomic E-state index is 12.1. The minimum absolute atomic E-state index is 0.0385. The first-order chi connectivity index (χ1) is 11.1. The number of amides is 2. The maximum absolute atomic E-state index is 12.1. The molecule has 128 valence electrons. The number of nitrogens with zero attached hydrogens (tertiary/aromatic N) is 2. The summed E-state index contributed by atoms with van der Waals surface area (Å²) in [7, 11) is 0. The van der Waals surface area contributed by atoms with Gasteiger partial charge in [-0.1, -0.05) is 19.8 Å². The quantitative estimate of drug-likeness (QED) is 0.869. The van der Waals surface area contributed by atoms with Crippen molar-refractivity contribution in [3.63, 3.8) is 0 Å². The molecule has 1 aliphatic carbocycles. The molecule has 2 heterocycles. The van der Waals surface area contributed by atoms with Crippen molar-refractivity contribution < 1.29 is 4.79 Å². The highest BCUT2D eigenvalue weighted by molar-refractivity contribution is 7.11. The lowest BCUT2D eigenvalue weighted by molar-refractivity contribution is 0.227. The van der Waals surface area contributed by atoms with Crippen LogP contribution >= 0.6 is 11.3 Å². The average molecular weight is 337 g/mol. The highest BCUT2D eigenvalue weighted by Crippen LogP contribution is 2.26. The van der Waals surface area contributed by atoms with E-state index in [0.717, 1.165) is 30.6 Å². The van der Waals surface area contributed by atoms with Crippen LogP contribution in [-0.2, 0) is 0 Å². The van der Waals surface area contributed by atoms with Crippen LogP contribution in [0.15, 0.2) is 6.20 Å². The second kappa shape index (κ2) is 7.62. The van der Waals surface area contributed by atoms with Gasteiger partial charge < -0.3 is 10.6 Å². The van der Waals surface area contributed by atoms with Gasteiger partial charge in [-0.3, -0.25) is 4.90 Å². The molecule has 2 aliphatic rings. The van der Waals surface area contributed by atoms with Crippen LogP contribution in [0.3, 0.4) is 0 Å². The Hall–Kier alpha value is -1.14. The molecule has 1 aromatic rings. The van der Waals surface area contributed by atoms with Crippen molar-refractivity contribution in [2.45, 2.75) is 64.0 Å². The topological polar surface area (TPSA) is 57.3 Å². The van der Waals surface area contributed by atoms with E-state index in [-0.39, 0.29) is 11.9 Å². The van der Waals surface area contributed by atoms with E-state index in [1.165, 1.54) is 30.6 Å². The van der Waals surface area contributed by atoms with E-state index in [1.54, 1.807) is 11.3 Å². The molecular formula is C17H28N4OS. The summed E-state index contributed by atoms with van der Waals surface area (Å²) < 4.78 is 0. The predicted octanol–water partition coefficient (Wildman–Crippen LogP) is 2.87. The molecular weight excluding hydrogens is 308 g/mol. The van der Waals surface area contributed by atoms with Crippen molar-refractivity contribution >= 4 is 17.4 Å². The Labute approximate surface area is 142 Å². The van der Waals surface area contributed by atoms with Crippen LogP contribution < -0.4 is 10.6 Å². The van der Waals surface area contributed by atoms with E-state index in [0.29, 0.717) is 12.6 Å². The maximum Gasteiger partial charge on any atom is 0.315 e. The van der Waals surface area contributed by atoms with E-state index < -0.39 is 0 Å². The normalized spacial score (nSPS) is 24.0. The van der Waals surface area contributed by atoms with E-state index in [9.17, 15) is 4.79 Å². The summed E-state index contributed by atoms with van der Waals surface area (Å²) in [4.78, 5) is 20.3. The number of thiazole rings is 1. The molecule has 0 radical (unpaired) electrons. The number of urea groups is 1. The van der Waals surface area contributed by atoms with Crippen LogP contribution in [0.4, 0.5) is 4.79 Å². The summed E-state index contributed by atoms with van der Waals surface area (Å²) >= 11 is 1.71. The highest BCUT2D eigenvalue weighted by Gasteiger charge is 2.30. The molecule has 2 atom stereocenters. The molecule has 6 heteroatoms. The van der Waals surface area contributed by atoms with Gasteiger partial charge in [0, 0.05) is 48.7 Å². The number of nitrogens with one attached hydrogen (secondary N) is 2. The lowest BCUT2D eigenvalue weighted by Crippen LogP contribution is -2.45. The summed E-state index contributed by atoms with van der Waals surface area (Å²) in [5.41, 5.74) is 0. The average Bonchev–Trinajstić information content (AvgIpc) is 3.25. The molecule has 2 fully saturated rings. The lowest BCUT2D eigenvalue weighted by Gasteiger charge is -2.23. The number of carbonyl (C=O) groups is 1. The Morgan fingerprint density at radius 3 is 2.91 bits per heavy atom. The highest BCUT2D eigenvalue weighted by atomic mass is 32.1. The molecule has 0 bridgehead atoms. The van der Waals surface area contributed by atoms with Crippen molar-refractivity contribution in [2.75, 3.05) is 19.6 Å². The lowest BCUT2D eigenvalue weighted by atomic mass is 10.2. The molecule has 0 unspecified atom stereocenters. The SMILES string of the molecule is Cc1cnc([C@@H](C)CNC(=O)N[C@@H]2CCN(C3CCCC3)C2)s1. The number of rotatable bonds is 5. The van der Waals surface area contributed by atoms with Gasteiger partial charge in [-0.05, 0) is 26.2 Å². The molecule has 1 saturated heterocycles. The standard InChI is InChI=1S/C17H28N4OS/c1-12(16-18-10-13(2)23-16)9-19-17(22)20-14-7-8-21(11-14)15-5-3-4-6-15/h10,12,14-15H,3-9,11H2,1-2H3,(H2,19,20,22)/t12-,14+/m0/s1. The first-order valence-corrected chi connectivity index (χ1v) is 9.64. The summed E-state index contributed by atoms with van der Waals surface area (Å²) in [5, 5.41) is 7.23. The van der Waals surface area contributed by atoms with Gasteiger partial charge in [0.1, 0.15) is 0 Å². The fourth-order valence-electron chi connectivity index (χ4n) is 3.68. The molecule has 1 aliphatic heterocycles. The molecule has 2 amide bonds. The molecule has 1 aromatic heterocycles. The first kappa shape index (κ1) is 16.7. The fraction of sp³-hybridized carbons (Fsp3) is 0.765. The zero-order valence-corrected chi connectivity index (χ0v) is 15.0. The van der Waals surface area contributed by atoms with Gasteiger partial charge in [-0.2, -0.15) is 0 Å². The second-order valence-electron chi connectivity index (χ2n) is 6.98. The van der Waals surface area contributed by atoms with E-state index in [4.69, 9.17) is 0 Å². The third-order valence-corrected chi connectivity index (χ3v) is 6.17. The zero-order chi connectivity index (χ0) is 16.2. The van der Waals surface area contributed by atoms with Gasteiger partial charge in [0.25, 0.3) is 0 Å². The van der Waals surface area contributed by atoms with Gasteiger partial charge in [-0.15, -0.1) is 11.3 Å². The number of carbonyl (C=O) groups excluding carboxylic acids is 1. The van der Waals surface area contributed by atoms with E-state index >= 15 is 0 Å². The number of aryl methyl sites for hydroxylation is 1. The first-order valence-electron chi connectivity index (χ1n) is 8.82. The molecule has 3 rings (SSSR count). The molecule has 0 spiro atoms. The molecule has 2 N–H and O–H groups in total. The third-order valence-electron chi connectivity index (χ3n) is 5.03. The van der Waals surface area contributed by atoms with Crippen molar-refractivity contribution in [1.29, 1.82) is 0 Å². The summed E-state index contributed by atoms with van der Waals surface area (Å²) in [6.45, 7) is 6.95. The molecule has 5 nitrogen and oxygen atoms in total. The smallest absolute Gasteiger partial charge is 0.315 e. The van der Waals surface area contributed by atoms with Crippen LogP contribution in [-0.4, -0.2) is 47.6 Å². The second-order valence-corrected chi connectivity index (χ2v) is 8.25. The van der Waals surface area contributed by atoms with E-state index in [1.807, 2.05) is 6.20 Å². The fourth-order valence-corrected chi connectivity index (χ4v) is 4.50. The third kappa shape index (κ3) is 4.44. The largest absolute Gasteiger partial charge is 0.337 e. The van der Waals surface area contributed by atoms with Crippen molar-refractivity contribution in [1.82, 2.24) is 20.5 Å². The number of aromatic nitrogens is 1. The van der Waals surface area contributed by atoms with Crippen molar-refractivity contribution in [2.24, 2.45) is 0 Å². The van der Waals surface area contributed by atoms with Crippen molar-refractivity contribution in [3.05, 3.63) is 16.1 Å². The molecule has 1 saturated carbocycles. The molecule has 0 aromatic carbocycles. The minimum atomic E-state index is -0.0385. The summed E-state index contributed by atoms with van der Waals surface area (Å²) in [6.07, 6.45) is 8.38. The van der Waals surface area contributed by atoms with Crippen molar-refractivity contribution in [3.8, 4) is 0 Å². The van der Waals surface area contributed by atoms with Crippen LogP contribution in [0.5, 0.6) is 0 Å². The Bertz CT molecular complexity index is 526. The van der Waals surface area contributed by atoms with Crippen LogP contribution in [0.1, 0.15) is 54.8 Å². The number of likely N-dealkylation sites (tertiary alicyclic amines) is 1. The van der Waals surface area contributed by atoms with Gasteiger partial charge in [0.15, 0.2) is 0 Å². The van der Waals surface area contributed by atoms with Gasteiger partial charge >= 0.3 is 6.03 Å². The van der Waals surface area contributed by atoms with Crippen LogP contribution in [0.2, 0.25) is 0 Å². The van der Waals surface area contributed by atoms with E-state index in [2.05, 4.69) is 34.4 Å². The Balaban J connectivity index is 1.38. The van der Waals surface area contributed by atoms with Gasteiger partial charge in [0.2, 0.25) is 0 Å². The van der Waals surface area contributed by atoms with Crippen LogP contribution in [0.25, 0.3) is 0 Å². The summed E-state index contributed by atoms with van der Waals surface area (Å²) in [5.74, 6) is 0.262. The zero-order valence-electron chi connectivity index (χ0n) is 14.2. The van der Waals surface area contributed by atoms with Crippen LogP contribution in [0, 0.1) is 6.92 Å². The monoisotopic (exact) mass is 336 g/mol. The predicted molar refractivity (Wildman–Crippen MR) is 94.0 cm³/mol. The van der Waals surface area contributed by atoms with Gasteiger partial charge in [0.05, 0.1) is 5.01 Å². The summed E-state index contributed by atoms with van der Waals surface area (Å²) in [6, 6.07) is 1.02. The Kier molecular flexibility index (Phi) is 5.54. The Morgan fingerprint density at radius 1 is 1.43 bits per heavy atom. The Morgan fingerprint density at radius 2 is 2.22 bits per heavy atom. The van der Waals surface area contributed by atoms with Gasteiger partial charge in [-0.25, -0.2) is 9.78 Å². The minimum Gasteiger partial charge on any atom is -0.337 e.